The van der Waals surface area contributed by atoms with Crippen LogP contribution in [0.5, 0.6) is 11.5 Å². The maximum Gasteiger partial charge on any atom is 0.161 e. The van der Waals surface area contributed by atoms with E-state index in [2.05, 4.69) is 46.4 Å². The molecule has 4 rings (SSSR count). The molecule has 1 fully saturated rings. The smallest absolute Gasteiger partial charge is 0.161 e. The lowest BCUT2D eigenvalue weighted by atomic mass is 10.0. The summed E-state index contributed by atoms with van der Waals surface area (Å²) in [5.41, 5.74) is 3.00. The van der Waals surface area contributed by atoms with E-state index in [1.165, 1.54) is 38.0 Å². The third-order valence-electron chi connectivity index (χ3n) is 6.52. The molecule has 0 aliphatic carbocycles. The highest BCUT2D eigenvalue weighted by Crippen LogP contribution is 2.32. The van der Waals surface area contributed by atoms with Gasteiger partial charge in [0.25, 0.3) is 0 Å². The van der Waals surface area contributed by atoms with Gasteiger partial charge in [0, 0.05) is 5.56 Å². The Balaban J connectivity index is 1.38. The molecule has 0 amide bonds. The number of aromatic nitrogens is 2. The fourth-order valence-corrected chi connectivity index (χ4v) is 4.62. The Hall–Kier alpha value is -3.12. The van der Waals surface area contributed by atoms with Crippen LogP contribution < -0.4 is 14.8 Å². The fourth-order valence-electron chi connectivity index (χ4n) is 4.62. The van der Waals surface area contributed by atoms with E-state index < -0.39 is 0 Å². The second-order valence-electron chi connectivity index (χ2n) is 9.16. The molecule has 1 N–H and O–H groups in total. The van der Waals surface area contributed by atoms with E-state index in [0.717, 1.165) is 54.3 Å². The number of nitrogens with one attached hydrogen (secondary N) is 1. The Morgan fingerprint density at radius 2 is 1.83 bits per heavy atom. The molecule has 1 saturated heterocycles. The predicted molar refractivity (Wildman–Crippen MR) is 142 cm³/mol. The van der Waals surface area contributed by atoms with Crippen LogP contribution in [-0.2, 0) is 0 Å². The Bertz CT molecular complexity index is 1040. The van der Waals surface area contributed by atoms with Crippen LogP contribution in [0.25, 0.3) is 11.3 Å². The Kier molecular flexibility index (Phi) is 9.35. The average molecular weight is 475 g/mol. The first-order valence-corrected chi connectivity index (χ1v) is 12.9. The molecule has 0 saturated carbocycles. The maximum absolute atomic E-state index is 6.04. The van der Waals surface area contributed by atoms with Gasteiger partial charge in [0.15, 0.2) is 11.5 Å². The van der Waals surface area contributed by atoms with Crippen molar-refractivity contribution >= 4 is 5.82 Å². The van der Waals surface area contributed by atoms with Crippen LogP contribution in [0.3, 0.4) is 0 Å². The van der Waals surface area contributed by atoms with Crippen molar-refractivity contribution in [3.63, 3.8) is 0 Å². The van der Waals surface area contributed by atoms with Crippen LogP contribution in [0.15, 0.2) is 60.9 Å². The molecule has 186 valence electrons. The van der Waals surface area contributed by atoms with Crippen molar-refractivity contribution in [2.45, 2.75) is 51.5 Å². The summed E-state index contributed by atoms with van der Waals surface area (Å²) in [5.74, 6) is 2.25. The summed E-state index contributed by atoms with van der Waals surface area (Å²) in [7, 11) is 1.68. The summed E-state index contributed by atoms with van der Waals surface area (Å²) in [6.07, 6.45) is 10.6. The topological polar surface area (TPSA) is 59.5 Å². The summed E-state index contributed by atoms with van der Waals surface area (Å²) in [5, 5.41) is 3.57. The Labute approximate surface area is 209 Å². The van der Waals surface area contributed by atoms with Crippen molar-refractivity contribution in [3.05, 3.63) is 66.5 Å². The molecule has 6 nitrogen and oxygen atoms in total. The van der Waals surface area contributed by atoms with Crippen molar-refractivity contribution in [2.24, 2.45) is 0 Å². The van der Waals surface area contributed by atoms with Crippen molar-refractivity contribution < 1.29 is 9.47 Å². The zero-order valence-corrected chi connectivity index (χ0v) is 21.1. The minimum Gasteiger partial charge on any atom is -0.493 e. The lowest BCUT2D eigenvalue weighted by molar-refractivity contribution is 0.268. The average Bonchev–Trinajstić information content (AvgIpc) is 3.43. The lowest BCUT2D eigenvalue weighted by Gasteiger charge is -2.19. The van der Waals surface area contributed by atoms with Gasteiger partial charge in [0.1, 0.15) is 5.82 Å². The number of rotatable bonds is 13. The molecule has 1 aliphatic heterocycles. The van der Waals surface area contributed by atoms with Crippen LogP contribution in [0, 0.1) is 0 Å². The maximum atomic E-state index is 6.04. The van der Waals surface area contributed by atoms with Crippen molar-refractivity contribution in [2.75, 3.05) is 38.7 Å². The number of likely N-dealkylation sites (tertiary alicyclic amines) is 1. The zero-order chi connectivity index (χ0) is 24.3. The van der Waals surface area contributed by atoms with Gasteiger partial charge in [-0.1, -0.05) is 43.7 Å². The number of anilines is 1. The minimum atomic E-state index is 0.196. The first-order chi connectivity index (χ1) is 17.3. The first-order valence-electron chi connectivity index (χ1n) is 12.9. The van der Waals surface area contributed by atoms with E-state index in [9.17, 15) is 0 Å². The quantitative estimate of drug-likeness (QED) is 0.291. The predicted octanol–water partition coefficient (Wildman–Crippen LogP) is 6.36. The van der Waals surface area contributed by atoms with Crippen LogP contribution in [0.4, 0.5) is 5.82 Å². The monoisotopic (exact) mass is 474 g/mol. The molecule has 0 spiro atoms. The van der Waals surface area contributed by atoms with Gasteiger partial charge in [-0.25, -0.2) is 4.98 Å². The molecule has 1 atom stereocenters. The van der Waals surface area contributed by atoms with Gasteiger partial charge in [-0.2, -0.15) is 0 Å². The van der Waals surface area contributed by atoms with Crippen molar-refractivity contribution in [1.29, 1.82) is 0 Å². The van der Waals surface area contributed by atoms with Gasteiger partial charge in [-0.3, -0.25) is 4.98 Å². The summed E-state index contributed by atoms with van der Waals surface area (Å²) in [4.78, 5) is 11.8. The summed E-state index contributed by atoms with van der Waals surface area (Å²) in [6.45, 7) is 6.57. The number of nitrogens with zero attached hydrogens (tertiary/aromatic N) is 3. The second kappa shape index (κ2) is 13.1. The molecule has 0 bridgehead atoms. The summed E-state index contributed by atoms with van der Waals surface area (Å²) < 4.78 is 11.7. The van der Waals surface area contributed by atoms with Gasteiger partial charge in [-0.15, -0.1) is 0 Å². The number of unbranched alkanes of at least 4 members (excludes halogenated alkanes) is 1. The Morgan fingerprint density at radius 1 is 1.00 bits per heavy atom. The molecule has 1 aliphatic rings. The highest BCUT2D eigenvalue weighted by Gasteiger charge is 2.14. The zero-order valence-electron chi connectivity index (χ0n) is 21.1. The van der Waals surface area contributed by atoms with E-state index in [1.54, 1.807) is 19.5 Å². The van der Waals surface area contributed by atoms with Crippen molar-refractivity contribution in [3.8, 4) is 22.8 Å². The third kappa shape index (κ3) is 7.18. The molecule has 0 radical (unpaired) electrons. The normalized spacial score (nSPS) is 14.6. The number of hydrogen-bond donors (Lipinski definition) is 1. The largest absolute Gasteiger partial charge is 0.493 e. The first kappa shape index (κ1) is 25.0. The van der Waals surface area contributed by atoms with E-state index in [-0.39, 0.29) is 6.04 Å². The van der Waals surface area contributed by atoms with Crippen LogP contribution in [0.2, 0.25) is 0 Å². The van der Waals surface area contributed by atoms with Crippen LogP contribution in [-0.4, -0.2) is 48.2 Å². The minimum absolute atomic E-state index is 0.196. The molecule has 3 aromatic rings. The van der Waals surface area contributed by atoms with Gasteiger partial charge in [0.2, 0.25) is 0 Å². The fraction of sp³-hybridized carbons (Fsp3) is 0.448. The molecular formula is C29H38N4O2. The van der Waals surface area contributed by atoms with E-state index >= 15 is 0 Å². The standard InChI is InChI=1S/C29H38N4O2/c1-3-11-25(23-12-5-4-6-13-23)31-29-22-30-21-26(32-29)24-14-15-27(28(20-24)34-2)35-19-10-9-18-33-16-7-8-17-33/h4-6,12-15,20-22,25H,3,7-11,16-19H2,1-2H3,(H,31,32). The molecule has 1 aromatic heterocycles. The van der Waals surface area contributed by atoms with Gasteiger partial charge >= 0.3 is 0 Å². The summed E-state index contributed by atoms with van der Waals surface area (Å²) in [6, 6.07) is 16.7. The van der Waals surface area contributed by atoms with E-state index in [4.69, 9.17) is 14.5 Å². The SMILES string of the molecule is CCCC(Nc1cncc(-c2ccc(OCCCCN3CCCC3)c(OC)c2)n1)c1ccccc1. The van der Waals surface area contributed by atoms with E-state index in [1.807, 2.05) is 24.3 Å². The van der Waals surface area contributed by atoms with Gasteiger partial charge in [-0.05, 0) is 75.5 Å². The van der Waals surface area contributed by atoms with Crippen LogP contribution >= 0.6 is 0 Å². The molecular weight excluding hydrogens is 436 g/mol. The number of hydrogen-bond acceptors (Lipinski definition) is 6. The molecule has 6 heteroatoms. The second-order valence-corrected chi connectivity index (χ2v) is 9.16. The highest BCUT2D eigenvalue weighted by molar-refractivity contribution is 5.64. The number of methoxy groups -OCH3 is 1. The van der Waals surface area contributed by atoms with Crippen LogP contribution in [0.1, 0.15) is 57.1 Å². The molecule has 2 aromatic carbocycles. The Morgan fingerprint density at radius 3 is 2.60 bits per heavy atom. The van der Waals surface area contributed by atoms with Gasteiger partial charge < -0.3 is 19.7 Å². The number of ether oxygens (including phenoxy) is 2. The molecule has 2 heterocycles. The van der Waals surface area contributed by atoms with Gasteiger partial charge in [0.05, 0.1) is 37.8 Å². The summed E-state index contributed by atoms with van der Waals surface area (Å²) >= 11 is 0. The molecule has 1 unspecified atom stereocenters. The number of benzene rings is 2. The lowest BCUT2D eigenvalue weighted by Crippen LogP contribution is -2.20. The highest BCUT2D eigenvalue weighted by atomic mass is 16.5. The molecule has 35 heavy (non-hydrogen) atoms. The third-order valence-corrected chi connectivity index (χ3v) is 6.52. The van der Waals surface area contributed by atoms with Crippen molar-refractivity contribution in [1.82, 2.24) is 14.9 Å². The van der Waals surface area contributed by atoms with E-state index in [0.29, 0.717) is 6.61 Å².